The number of halogens is 1. The Morgan fingerprint density at radius 3 is 2.70 bits per heavy atom. The van der Waals surface area contributed by atoms with E-state index in [1.54, 1.807) is 6.07 Å². The summed E-state index contributed by atoms with van der Waals surface area (Å²) in [6, 6.07) is 7.07. The monoisotopic (exact) mass is 275 g/mol. The van der Waals surface area contributed by atoms with Crippen LogP contribution in [-0.4, -0.2) is 16.3 Å². The molecule has 20 heavy (non-hydrogen) atoms. The van der Waals surface area contributed by atoms with Crippen LogP contribution < -0.4 is 5.32 Å². The molecule has 4 heteroatoms. The fraction of sp³-hybridized carbons (Fsp3) is 0.438. The molecule has 0 fully saturated rings. The van der Waals surface area contributed by atoms with Crippen LogP contribution in [0.25, 0.3) is 0 Å². The van der Waals surface area contributed by atoms with Gasteiger partial charge in [0.2, 0.25) is 0 Å². The van der Waals surface area contributed by atoms with E-state index in [9.17, 15) is 4.39 Å². The Balaban J connectivity index is 2.24. The third kappa shape index (κ3) is 3.45. The van der Waals surface area contributed by atoms with Crippen LogP contribution in [0.2, 0.25) is 0 Å². The van der Waals surface area contributed by atoms with Gasteiger partial charge < -0.3 is 5.32 Å². The largest absolute Gasteiger partial charge is 0.310 e. The molecular weight excluding hydrogens is 253 g/mol. The molecule has 3 nitrogen and oxygen atoms in total. The maximum absolute atomic E-state index is 13.8. The van der Waals surface area contributed by atoms with Crippen molar-refractivity contribution in [3.63, 3.8) is 0 Å². The highest BCUT2D eigenvalue weighted by molar-refractivity contribution is 5.25. The van der Waals surface area contributed by atoms with Crippen molar-refractivity contribution in [3.8, 4) is 0 Å². The van der Waals surface area contributed by atoms with Crippen molar-refractivity contribution in [1.82, 2.24) is 15.1 Å². The van der Waals surface area contributed by atoms with Crippen molar-refractivity contribution < 1.29 is 4.39 Å². The van der Waals surface area contributed by atoms with Crippen LogP contribution in [0.15, 0.2) is 30.5 Å². The molecule has 1 heterocycles. The highest BCUT2D eigenvalue weighted by Gasteiger charge is 2.17. The Morgan fingerprint density at radius 1 is 1.35 bits per heavy atom. The van der Waals surface area contributed by atoms with E-state index in [-0.39, 0.29) is 11.9 Å². The Bertz CT molecular complexity index is 563. The van der Waals surface area contributed by atoms with E-state index in [2.05, 4.69) is 17.3 Å². The first kappa shape index (κ1) is 14.7. The van der Waals surface area contributed by atoms with E-state index >= 15 is 0 Å². The van der Waals surface area contributed by atoms with Gasteiger partial charge in [-0.25, -0.2) is 4.39 Å². The maximum atomic E-state index is 13.8. The molecule has 0 spiro atoms. The smallest absolute Gasteiger partial charge is 0.126 e. The third-order valence-electron chi connectivity index (χ3n) is 3.45. The summed E-state index contributed by atoms with van der Waals surface area (Å²) in [6.45, 7) is 5.04. The van der Waals surface area contributed by atoms with Gasteiger partial charge in [-0.15, -0.1) is 0 Å². The Hall–Kier alpha value is -1.68. The van der Waals surface area contributed by atoms with Gasteiger partial charge in [0.1, 0.15) is 5.82 Å². The fourth-order valence-electron chi connectivity index (χ4n) is 2.45. The third-order valence-corrected chi connectivity index (χ3v) is 3.45. The van der Waals surface area contributed by atoms with Gasteiger partial charge in [0.15, 0.2) is 0 Å². The van der Waals surface area contributed by atoms with E-state index in [1.807, 2.05) is 37.0 Å². The van der Waals surface area contributed by atoms with Crippen LogP contribution in [-0.2, 0) is 13.5 Å². The van der Waals surface area contributed by atoms with Crippen LogP contribution >= 0.6 is 0 Å². The molecule has 0 aliphatic carbocycles. The van der Waals surface area contributed by atoms with Crippen LogP contribution in [0, 0.1) is 12.7 Å². The predicted molar refractivity (Wildman–Crippen MR) is 79.1 cm³/mol. The summed E-state index contributed by atoms with van der Waals surface area (Å²) in [7, 11) is 1.91. The van der Waals surface area contributed by atoms with Gasteiger partial charge in [-0.2, -0.15) is 5.10 Å². The number of aryl methyl sites for hydroxylation is 2. The van der Waals surface area contributed by atoms with Gasteiger partial charge >= 0.3 is 0 Å². The molecule has 1 N–H and O–H groups in total. The zero-order valence-electron chi connectivity index (χ0n) is 12.4. The number of benzene rings is 1. The van der Waals surface area contributed by atoms with Gasteiger partial charge in [-0.05, 0) is 37.9 Å². The number of aromatic nitrogens is 2. The van der Waals surface area contributed by atoms with Crippen molar-refractivity contribution in [2.75, 3.05) is 6.54 Å². The Morgan fingerprint density at radius 2 is 2.10 bits per heavy atom. The van der Waals surface area contributed by atoms with Crippen LogP contribution in [0.3, 0.4) is 0 Å². The summed E-state index contributed by atoms with van der Waals surface area (Å²) in [6.07, 6.45) is 3.70. The van der Waals surface area contributed by atoms with Crippen molar-refractivity contribution in [2.24, 2.45) is 7.05 Å². The van der Waals surface area contributed by atoms with Crippen molar-refractivity contribution in [3.05, 3.63) is 53.1 Å². The molecule has 108 valence electrons. The molecule has 0 saturated carbocycles. The summed E-state index contributed by atoms with van der Waals surface area (Å²) in [5.41, 5.74) is 2.88. The molecule has 1 unspecified atom stereocenters. The lowest BCUT2D eigenvalue weighted by molar-refractivity contribution is 0.511. The van der Waals surface area contributed by atoms with Gasteiger partial charge in [0.05, 0.1) is 5.69 Å². The lowest BCUT2D eigenvalue weighted by atomic mass is 9.99. The number of hydrogen-bond acceptors (Lipinski definition) is 2. The molecule has 0 aliphatic rings. The second kappa shape index (κ2) is 6.66. The summed E-state index contributed by atoms with van der Waals surface area (Å²) < 4.78 is 15.7. The zero-order valence-corrected chi connectivity index (χ0v) is 12.4. The first-order valence-electron chi connectivity index (χ1n) is 7.08. The fourth-order valence-corrected chi connectivity index (χ4v) is 2.45. The number of rotatable bonds is 6. The molecule has 1 aromatic carbocycles. The second-order valence-corrected chi connectivity index (χ2v) is 5.15. The summed E-state index contributed by atoms with van der Waals surface area (Å²) in [4.78, 5) is 0. The lowest BCUT2D eigenvalue weighted by Gasteiger charge is -2.18. The van der Waals surface area contributed by atoms with Crippen LogP contribution in [0.5, 0.6) is 0 Å². The van der Waals surface area contributed by atoms with Gasteiger partial charge in [0, 0.05) is 24.8 Å². The number of nitrogens with zero attached hydrogens (tertiary/aromatic N) is 2. The molecule has 0 radical (unpaired) electrons. The summed E-state index contributed by atoms with van der Waals surface area (Å²) in [5.74, 6) is -0.141. The van der Waals surface area contributed by atoms with Crippen LogP contribution in [0.1, 0.15) is 36.2 Å². The SMILES string of the molecule is CCCNC(Cc1ccccc1F)c1cn(C)nc1C. The van der Waals surface area contributed by atoms with E-state index in [0.717, 1.165) is 29.8 Å². The topological polar surface area (TPSA) is 29.9 Å². The standard InChI is InChI=1S/C16H22FN3/c1-4-9-18-16(14-11-20(3)19-12(14)2)10-13-7-5-6-8-15(13)17/h5-8,11,16,18H,4,9-10H2,1-3H3. The first-order valence-corrected chi connectivity index (χ1v) is 7.08. The Kier molecular flexibility index (Phi) is 4.90. The zero-order chi connectivity index (χ0) is 14.5. The average Bonchev–Trinajstić information content (AvgIpc) is 2.75. The van der Waals surface area contributed by atoms with Gasteiger partial charge in [-0.3, -0.25) is 4.68 Å². The molecule has 0 amide bonds. The highest BCUT2D eigenvalue weighted by atomic mass is 19.1. The minimum atomic E-state index is -0.141. The normalized spacial score (nSPS) is 12.6. The lowest BCUT2D eigenvalue weighted by Crippen LogP contribution is -2.24. The molecular formula is C16H22FN3. The molecule has 2 aromatic rings. The number of hydrogen-bond donors (Lipinski definition) is 1. The van der Waals surface area contributed by atoms with E-state index in [1.165, 1.54) is 6.07 Å². The van der Waals surface area contributed by atoms with Crippen molar-refractivity contribution >= 4 is 0 Å². The van der Waals surface area contributed by atoms with Crippen molar-refractivity contribution in [2.45, 2.75) is 32.7 Å². The van der Waals surface area contributed by atoms with E-state index in [4.69, 9.17) is 0 Å². The quantitative estimate of drug-likeness (QED) is 0.877. The minimum absolute atomic E-state index is 0.0977. The van der Waals surface area contributed by atoms with Gasteiger partial charge in [-0.1, -0.05) is 25.1 Å². The predicted octanol–water partition coefficient (Wildman–Crippen LogP) is 3.15. The molecule has 1 atom stereocenters. The number of nitrogens with one attached hydrogen (secondary N) is 1. The van der Waals surface area contributed by atoms with Crippen molar-refractivity contribution in [1.29, 1.82) is 0 Å². The molecule has 0 saturated heterocycles. The minimum Gasteiger partial charge on any atom is -0.310 e. The van der Waals surface area contributed by atoms with E-state index in [0.29, 0.717) is 6.42 Å². The molecule has 0 bridgehead atoms. The molecule has 2 rings (SSSR count). The highest BCUT2D eigenvalue weighted by Crippen LogP contribution is 2.22. The summed E-state index contributed by atoms with van der Waals surface area (Å²) in [5, 5.41) is 7.88. The maximum Gasteiger partial charge on any atom is 0.126 e. The van der Waals surface area contributed by atoms with Crippen LogP contribution in [0.4, 0.5) is 4.39 Å². The van der Waals surface area contributed by atoms with Gasteiger partial charge in [0.25, 0.3) is 0 Å². The Labute approximate surface area is 119 Å². The van der Waals surface area contributed by atoms with E-state index < -0.39 is 0 Å². The molecule has 0 aliphatic heterocycles. The second-order valence-electron chi connectivity index (χ2n) is 5.15. The first-order chi connectivity index (χ1) is 9.61. The molecule has 1 aromatic heterocycles. The summed E-state index contributed by atoms with van der Waals surface area (Å²) >= 11 is 0. The average molecular weight is 275 g/mol.